The highest BCUT2D eigenvalue weighted by Gasteiger charge is 2.12. The third kappa shape index (κ3) is 6.51. The van der Waals surface area contributed by atoms with E-state index in [1.165, 1.54) is 62.5 Å². The van der Waals surface area contributed by atoms with Crippen LogP contribution in [-0.2, 0) is 0 Å². The van der Waals surface area contributed by atoms with E-state index in [1.807, 2.05) is 12.4 Å². The fourth-order valence-electron chi connectivity index (χ4n) is 2.66. The summed E-state index contributed by atoms with van der Waals surface area (Å²) in [6.07, 6.45) is 14.5. The van der Waals surface area contributed by atoms with Gasteiger partial charge in [-0.05, 0) is 43.5 Å². The lowest BCUT2D eigenvalue weighted by molar-refractivity contribution is 0.464. The zero-order valence-corrected chi connectivity index (χ0v) is 13.6. The van der Waals surface area contributed by atoms with Gasteiger partial charge in [-0.25, -0.2) is 0 Å². The molecule has 0 bridgehead atoms. The monoisotopic (exact) mass is 276 g/mol. The molecule has 0 amide bonds. The van der Waals surface area contributed by atoms with Gasteiger partial charge in [0.15, 0.2) is 0 Å². The molecule has 114 valence electrons. The minimum Gasteiger partial charge on any atom is -0.310 e. The Kier molecular flexibility index (Phi) is 9.31. The second-order valence-corrected chi connectivity index (χ2v) is 5.80. The zero-order chi connectivity index (χ0) is 14.6. The Balaban J connectivity index is 2.42. The summed E-state index contributed by atoms with van der Waals surface area (Å²) < 4.78 is 0. The van der Waals surface area contributed by atoms with Gasteiger partial charge in [-0.2, -0.15) is 0 Å². The van der Waals surface area contributed by atoms with Gasteiger partial charge in [-0.15, -0.1) is 0 Å². The third-order valence-electron chi connectivity index (χ3n) is 3.94. The van der Waals surface area contributed by atoms with Crippen molar-refractivity contribution in [3.05, 3.63) is 29.6 Å². The summed E-state index contributed by atoms with van der Waals surface area (Å²) in [7, 11) is 0. The molecular weight excluding hydrogens is 244 g/mol. The summed E-state index contributed by atoms with van der Waals surface area (Å²) in [5, 5.41) is 3.69. The van der Waals surface area contributed by atoms with Gasteiger partial charge in [0.2, 0.25) is 0 Å². The molecule has 1 aromatic rings. The number of aryl methyl sites for hydroxylation is 1. The first-order valence-corrected chi connectivity index (χ1v) is 8.43. The van der Waals surface area contributed by atoms with Crippen LogP contribution in [0.3, 0.4) is 0 Å². The fourth-order valence-corrected chi connectivity index (χ4v) is 2.66. The summed E-state index contributed by atoms with van der Waals surface area (Å²) in [6, 6.07) is 2.60. The van der Waals surface area contributed by atoms with Gasteiger partial charge in [-0.1, -0.05) is 52.4 Å². The molecule has 0 aliphatic rings. The van der Waals surface area contributed by atoms with Gasteiger partial charge in [-0.3, -0.25) is 4.98 Å². The lowest BCUT2D eigenvalue weighted by Crippen LogP contribution is -2.23. The van der Waals surface area contributed by atoms with Crippen LogP contribution in [0.15, 0.2) is 18.5 Å². The number of unbranched alkanes of at least 4 members (excludes halogenated alkanes) is 5. The first-order valence-electron chi connectivity index (χ1n) is 8.43. The maximum atomic E-state index is 4.30. The standard InChI is InChI=1S/C18H32N2/c1-4-6-7-8-9-10-11-18(20-13-5-2)17-15-19-14-12-16(17)3/h12,14-15,18,20H,4-11,13H2,1-3H3. The Labute approximate surface area is 125 Å². The Hall–Kier alpha value is -0.890. The predicted molar refractivity (Wildman–Crippen MR) is 88.0 cm³/mol. The van der Waals surface area contributed by atoms with Crippen molar-refractivity contribution in [2.75, 3.05) is 6.54 Å². The molecule has 20 heavy (non-hydrogen) atoms. The number of rotatable bonds is 11. The van der Waals surface area contributed by atoms with Crippen molar-refractivity contribution in [3.8, 4) is 0 Å². The van der Waals surface area contributed by atoms with E-state index in [4.69, 9.17) is 0 Å². The maximum Gasteiger partial charge on any atom is 0.0338 e. The van der Waals surface area contributed by atoms with Crippen molar-refractivity contribution >= 4 is 0 Å². The number of hydrogen-bond donors (Lipinski definition) is 1. The minimum absolute atomic E-state index is 0.481. The molecule has 1 heterocycles. The molecule has 2 heteroatoms. The summed E-state index contributed by atoms with van der Waals surface area (Å²) >= 11 is 0. The van der Waals surface area contributed by atoms with Crippen molar-refractivity contribution in [3.63, 3.8) is 0 Å². The minimum atomic E-state index is 0.481. The molecule has 1 rings (SSSR count). The van der Waals surface area contributed by atoms with E-state index in [-0.39, 0.29) is 0 Å². The highest BCUT2D eigenvalue weighted by Crippen LogP contribution is 2.22. The van der Waals surface area contributed by atoms with Crippen LogP contribution >= 0.6 is 0 Å². The molecule has 1 atom stereocenters. The highest BCUT2D eigenvalue weighted by atomic mass is 14.9. The van der Waals surface area contributed by atoms with Gasteiger partial charge in [0.05, 0.1) is 0 Å². The van der Waals surface area contributed by atoms with Crippen LogP contribution in [0.25, 0.3) is 0 Å². The Bertz CT molecular complexity index is 349. The summed E-state index contributed by atoms with van der Waals surface area (Å²) in [6.45, 7) is 7.79. The van der Waals surface area contributed by atoms with Gasteiger partial charge in [0.25, 0.3) is 0 Å². The lowest BCUT2D eigenvalue weighted by atomic mass is 9.97. The number of aromatic nitrogens is 1. The fraction of sp³-hybridized carbons (Fsp3) is 0.722. The molecule has 0 radical (unpaired) electrons. The predicted octanol–water partition coefficient (Wildman–Crippen LogP) is 5.18. The molecule has 0 aliphatic heterocycles. The summed E-state index contributed by atoms with van der Waals surface area (Å²) in [5.41, 5.74) is 2.74. The van der Waals surface area contributed by atoms with Gasteiger partial charge in [0, 0.05) is 18.4 Å². The van der Waals surface area contributed by atoms with Gasteiger partial charge in [0.1, 0.15) is 0 Å². The summed E-state index contributed by atoms with van der Waals surface area (Å²) in [5.74, 6) is 0. The largest absolute Gasteiger partial charge is 0.310 e. The van der Waals surface area contributed by atoms with Crippen molar-refractivity contribution in [2.24, 2.45) is 0 Å². The van der Waals surface area contributed by atoms with E-state index in [2.05, 4.69) is 37.1 Å². The van der Waals surface area contributed by atoms with E-state index < -0.39 is 0 Å². The highest BCUT2D eigenvalue weighted by molar-refractivity contribution is 5.24. The van der Waals surface area contributed by atoms with E-state index in [0.717, 1.165) is 6.54 Å². The van der Waals surface area contributed by atoms with E-state index in [9.17, 15) is 0 Å². The molecule has 1 N–H and O–H groups in total. The molecule has 0 aromatic carbocycles. The van der Waals surface area contributed by atoms with E-state index in [1.54, 1.807) is 0 Å². The number of pyridine rings is 1. The second-order valence-electron chi connectivity index (χ2n) is 5.80. The normalized spacial score (nSPS) is 12.6. The molecule has 0 saturated carbocycles. The van der Waals surface area contributed by atoms with Crippen LogP contribution < -0.4 is 5.32 Å². The Morgan fingerprint density at radius 2 is 1.80 bits per heavy atom. The average Bonchev–Trinajstić information content (AvgIpc) is 2.47. The Morgan fingerprint density at radius 1 is 1.05 bits per heavy atom. The molecule has 0 saturated heterocycles. The average molecular weight is 276 g/mol. The lowest BCUT2D eigenvalue weighted by Gasteiger charge is -2.20. The van der Waals surface area contributed by atoms with Crippen LogP contribution in [0.4, 0.5) is 0 Å². The van der Waals surface area contributed by atoms with Crippen molar-refractivity contribution in [1.82, 2.24) is 10.3 Å². The first kappa shape index (κ1) is 17.2. The molecular formula is C18H32N2. The van der Waals surface area contributed by atoms with Crippen LogP contribution in [-0.4, -0.2) is 11.5 Å². The number of nitrogens with zero attached hydrogens (tertiary/aromatic N) is 1. The van der Waals surface area contributed by atoms with Crippen LogP contribution in [0.2, 0.25) is 0 Å². The van der Waals surface area contributed by atoms with E-state index in [0.29, 0.717) is 6.04 Å². The smallest absolute Gasteiger partial charge is 0.0338 e. The number of hydrogen-bond acceptors (Lipinski definition) is 2. The topological polar surface area (TPSA) is 24.9 Å². The van der Waals surface area contributed by atoms with Crippen molar-refractivity contribution in [1.29, 1.82) is 0 Å². The van der Waals surface area contributed by atoms with Gasteiger partial charge < -0.3 is 5.32 Å². The molecule has 1 unspecified atom stereocenters. The quantitative estimate of drug-likeness (QED) is 0.563. The zero-order valence-electron chi connectivity index (χ0n) is 13.6. The molecule has 0 spiro atoms. The van der Waals surface area contributed by atoms with Crippen molar-refractivity contribution < 1.29 is 0 Å². The molecule has 0 aliphatic carbocycles. The van der Waals surface area contributed by atoms with Crippen LogP contribution in [0, 0.1) is 6.92 Å². The molecule has 0 fully saturated rings. The van der Waals surface area contributed by atoms with Crippen LogP contribution in [0.5, 0.6) is 0 Å². The summed E-state index contributed by atoms with van der Waals surface area (Å²) in [4.78, 5) is 4.30. The first-order chi connectivity index (χ1) is 9.79. The van der Waals surface area contributed by atoms with E-state index >= 15 is 0 Å². The van der Waals surface area contributed by atoms with Gasteiger partial charge >= 0.3 is 0 Å². The Morgan fingerprint density at radius 3 is 2.50 bits per heavy atom. The SMILES string of the molecule is CCCCCCCCC(NCCC)c1cnccc1C. The maximum absolute atomic E-state index is 4.30. The number of nitrogens with one attached hydrogen (secondary N) is 1. The van der Waals surface area contributed by atoms with Crippen LogP contribution in [0.1, 0.15) is 82.4 Å². The molecule has 1 aromatic heterocycles. The van der Waals surface area contributed by atoms with Crippen molar-refractivity contribution in [2.45, 2.75) is 78.2 Å². The third-order valence-corrected chi connectivity index (χ3v) is 3.94. The second kappa shape index (κ2) is 10.8. The molecule has 2 nitrogen and oxygen atoms in total.